The van der Waals surface area contributed by atoms with Gasteiger partial charge in [0.2, 0.25) is 0 Å². The summed E-state index contributed by atoms with van der Waals surface area (Å²) in [6.45, 7) is 3.73. The van der Waals surface area contributed by atoms with Gasteiger partial charge in [-0.3, -0.25) is 0 Å². The zero-order chi connectivity index (χ0) is 27.1. The van der Waals surface area contributed by atoms with Crippen LogP contribution in [-0.2, 0) is 19.3 Å². The smallest absolute Gasteiger partial charge is 0.323 e. The Morgan fingerprint density at radius 2 is 1.71 bits per heavy atom. The number of carbonyl (C=O) groups excluding carboxylic acids is 1. The van der Waals surface area contributed by atoms with Crippen LogP contribution in [0, 0.1) is 11.6 Å². The molecule has 9 nitrogen and oxygen atoms in total. The number of hydrogen-bond acceptors (Lipinski definition) is 7. The second-order valence-corrected chi connectivity index (χ2v) is 11.9. The fraction of sp³-hybridized carbons (Fsp3) is 0.346. The molecule has 2 aliphatic rings. The molecule has 0 unspecified atom stereocenters. The van der Waals surface area contributed by atoms with Gasteiger partial charge in [-0.25, -0.2) is 32.0 Å². The molecule has 2 fully saturated rings. The van der Waals surface area contributed by atoms with Crippen LogP contribution in [0.5, 0.6) is 0 Å². The van der Waals surface area contributed by atoms with Crippen molar-refractivity contribution < 1.29 is 26.7 Å². The third-order valence-corrected chi connectivity index (χ3v) is 8.87. The number of ether oxygens (including phenoxy) is 1. The molecule has 200 valence electrons. The normalized spacial score (nSPS) is 18.6. The SMILES string of the molecule is C[C@H]1COCCN1c1cc(C2(S(C)(=O)=O)CC2)nc(-c2ccc(NC(=O)Nc3ccc(F)c(F)c3)cc2)n1. The Labute approximate surface area is 219 Å². The highest BCUT2D eigenvalue weighted by molar-refractivity contribution is 7.91. The Kier molecular flexibility index (Phi) is 6.78. The molecule has 0 spiro atoms. The van der Waals surface area contributed by atoms with E-state index in [4.69, 9.17) is 9.72 Å². The van der Waals surface area contributed by atoms with E-state index in [-0.39, 0.29) is 11.7 Å². The van der Waals surface area contributed by atoms with Gasteiger partial charge in [0, 0.05) is 41.9 Å². The minimum Gasteiger partial charge on any atom is -0.377 e. The van der Waals surface area contributed by atoms with Crippen LogP contribution in [0.3, 0.4) is 0 Å². The van der Waals surface area contributed by atoms with Gasteiger partial charge in [-0.2, -0.15) is 0 Å². The van der Waals surface area contributed by atoms with Crippen molar-refractivity contribution in [3.63, 3.8) is 0 Å². The van der Waals surface area contributed by atoms with Crippen LogP contribution in [0.15, 0.2) is 48.5 Å². The Hall–Kier alpha value is -3.64. The summed E-state index contributed by atoms with van der Waals surface area (Å²) in [5.41, 5.74) is 1.67. The van der Waals surface area contributed by atoms with Gasteiger partial charge in [0.05, 0.1) is 24.9 Å². The van der Waals surface area contributed by atoms with Crippen LogP contribution in [0.25, 0.3) is 11.4 Å². The van der Waals surface area contributed by atoms with Crippen molar-refractivity contribution >= 4 is 33.1 Å². The third-order valence-electron chi connectivity index (χ3n) is 6.83. The fourth-order valence-electron chi connectivity index (χ4n) is 4.51. The van der Waals surface area contributed by atoms with Crippen LogP contribution in [-0.4, -0.2) is 56.5 Å². The van der Waals surface area contributed by atoms with E-state index in [0.29, 0.717) is 61.2 Å². The maximum atomic E-state index is 13.4. The van der Waals surface area contributed by atoms with E-state index in [1.807, 2.05) is 6.92 Å². The topological polar surface area (TPSA) is 114 Å². The molecule has 3 aromatic rings. The molecule has 0 radical (unpaired) electrons. The number of anilines is 3. The first kappa shape index (κ1) is 26.0. The number of morpholine rings is 1. The van der Waals surface area contributed by atoms with E-state index in [9.17, 15) is 22.0 Å². The largest absolute Gasteiger partial charge is 0.377 e. The van der Waals surface area contributed by atoms with Gasteiger partial charge in [0.1, 0.15) is 10.6 Å². The van der Waals surface area contributed by atoms with E-state index < -0.39 is 32.2 Å². The van der Waals surface area contributed by atoms with Crippen LogP contribution >= 0.6 is 0 Å². The zero-order valence-electron chi connectivity index (χ0n) is 20.9. The van der Waals surface area contributed by atoms with E-state index in [0.717, 1.165) is 12.1 Å². The van der Waals surface area contributed by atoms with Gasteiger partial charge >= 0.3 is 6.03 Å². The third kappa shape index (κ3) is 5.18. The number of amides is 2. The number of hydrogen-bond donors (Lipinski definition) is 2. The number of benzene rings is 2. The predicted octanol–water partition coefficient (Wildman–Crippen LogP) is 4.32. The summed E-state index contributed by atoms with van der Waals surface area (Å²) in [7, 11) is -3.39. The number of sulfone groups is 1. The molecule has 2 aromatic carbocycles. The van der Waals surface area contributed by atoms with Crippen molar-refractivity contribution in [3.05, 3.63) is 65.9 Å². The minimum absolute atomic E-state index is 0.0624. The molecule has 1 saturated carbocycles. The van der Waals surface area contributed by atoms with Crippen molar-refractivity contribution in [3.8, 4) is 11.4 Å². The van der Waals surface area contributed by atoms with Gasteiger partial charge in [0.15, 0.2) is 27.3 Å². The maximum absolute atomic E-state index is 13.4. The van der Waals surface area contributed by atoms with Crippen molar-refractivity contribution in [2.75, 3.05) is 41.5 Å². The molecule has 2 N–H and O–H groups in total. The maximum Gasteiger partial charge on any atom is 0.323 e. The lowest BCUT2D eigenvalue weighted by Crippen LogP contribution is -2.44. The highest BCUT2D eigenvalue weighted by atomic mass is 32.2. The Balaban J connectivity index is 1.41. The molecule has 1 aromatic heterocycles. The number of nitrogens with zero attached hydrogens (tertiary/aromatic N) is 3. The average molecular weight is 544 g/mol. The summed E-state index contributed by atoms with van der Waals surface area (Å²) >= 11 is 0. The summed E-state index contributed by atoms with van der Waals surface area (Å²) in [5, 5.41) is 5.07. The summed E-state index contributed by atoms with van der Waals surface area (Å²) in [5.74, 6) is -1.05. The fourth-order valence-corrected chi connectivity index (χ4v) is 5.84. The summed E-state index contributed by atoms with van der Waals surface area (Å²) in [6.07, 6.45) is 2.26. The second kappa shape index (κ2) is 9.91. The Morgan fingerprint density at radius 1 is 1.03 bits per heavy atom. The number of urea groups is 1. The molecule has 0 bridgehead atoms. The highest BCUT2D eigenvalue weighted by Gasteiger charge is 2.55. The number of halogens is 2. The van der Waals surface area contributed by atoms with Gasteiger partial charge < -0.3 is 20.3 Å². The van der Waals surface area contributed by atoms with Crippen LogP contribution in [0.2, 0.25) is 0 Å². The monoisotopic (exact) mass is 543 g/mol. The van der Waals surface area contributed by atoms with Gasteiger partial charge in [-0.1, -0.05) is 0 Å². The highest BCUT2D eigenvalue weighted by Crippen LogP contribution is 2.52. The molecule has 2 heterocycles. The standard InChI is InChI=1S/C26H27F2N5O4S/c1-16-15-37-12-11-33(16)23-14-22(26(9-10-26)38(2,35)36)31-24(32-23)17-3-5-18(6-4-17)29-25(34)30-19-7-8-20(27)21(28)13-19/h3-8,13-14,16H,9-12,15H2,1-2H3,(H2,29,30,34)/t16-/m0/s1. The lowest BCUT2D eigenvalue weighted by atomic mass is 10.1. The van der Waals surface area contributed by atoms with Crippen LogP contribution < -0.4 is 15.5 Å². The second-order valence-electron chi connectivity index (χ2n) is 9.60. The van der Waals surface area contributed by atoms with E-state index in [1.165, 1.54) is 12.3 Å². The first-order valence-electron chi connectivity index (χ1n) is 12.1. The Bertz CT molecular complexity index is 1480. The van der Waals surface area contributed by atoms with E-state index in [2.05, 4.69) is 20.5 Å². The average Bonchev–Trinajstić information content (AvgIpc) is 3.69. The predicted molar refractivity (Wildman–Crippen MR) is 140 cm³/mol. The van der Waals surface area contributed by atoms with Gasteiger partial charge in [-0.15, -0.1) is 0 Å². The lowest BCUT2D eigenvalue weighted by Gasteiger charge is -2.34. The summed E-state index contributed by atoms with van der Waals surface area (Å²) < 4.78 is 56.4. The number of rotatable bonds is 6. The zero-order valence-corrected chi connectivity index (χ0v) is 21.7. The van der Waals surface area contributed by atoms with Gasteiger partial charge in [-0.05, 0) is 56.2 Å². The molecular weight excluding hydrogens is 516 g/mol. The van der Waals surface area contributed by atoms with Gasteiger partial charge in [0.25, 0.3) is 0 Å². The van der Waals surface area contributed by atoms with Crippen molar-refractivity contribution in [2.45, 2.75) is 30.6 Å². The van der Waals surface area contributed by atoms with Crippen molar-refractivity contribution in [1.29, 1.82) is 0 Å². The quantitative estimate of drug-likeness (QED) is 0.476. The van der Waals surface area contributed by atoms with Crippen molar-refractivity contribution in [1.82, 2.24) is 9.97 Å². The number of nitrogens with one attached hydrogen (secondary N) is 2. The molecular formula is C26H27F2N5O4S. The Morgan fingerprint density at radius 3 is 2.34 bits per heavy atom. The molecule has 1 saturated heterocycles. The number of aromatic nitrogens is 2. The van der Waals surface area contributed by atoms with E-state index in [1.54, 1.807) is 30.3 Å². The molecule has 2 amide bonds. The molecule has 1 aliphatic heterocycles. The summed E-state index contributed by atoms with van der Waals surface area (Å²) in [6, 6.07) is 11.0. The summed E-state index contributed by atoms with van der Waals surface area (Å²) in [4.78, 5) is 23.8. The number of carbonyl (C=O) groups is 1. The molecule has 1 aliphatic carbocycles. The first-order valence-corrected chi connectivity index (χ1v) is 14.0. The molecule has 12 heteroatoms. The molecule has 38 heavy (non-hydrogen) atoms. The minimum atomic E-state index is -3.39. The molecule has 1 atom stereocenters. The molecule has 5 rings (SSSR count). The van der Waals surface area contributed by atoms with Crippen molar-refractivity contribution in [2.24, 2.45) is 0 Å². The lowest BCUT2D eigenvalue weighted by molar-refractivity contribution is 0.0985. The van der Waals surface area contributed by atoms with Crippen LogP contribution in [0.4, 0.5) is 30.8 Å². The van der Waals surface area contributed by atoms with Crippen LogP contribution in [0.1, 0.15) is 25.5 Å². The van der Waals surface area contributed by atoms with E-state index >= 15 is 0 Å². The first-order chi connectivity index (χ1) is 18.1.